The lowest BCUT2D eigenvalue weighted by Gasteiger charge is -2.31. The van der Waals surface area contributed by atoms with Gasteiger partial charge in [-0.25, -0.2) is 15.4 Å². The van der Waals surface area contributed by atoms with E-state index < -0.39 is 11.8 Å². The van der Waals surface area contributed by atoms with E-state index in [1.54, 1.807) is 17.2 Å². The third-order valence-electron chi connectivity index (χ3n) is 6.20. The first kappa shape index (κ1) is 34.8. The first-order chi connectivity index (χ1) is 20.3. The molecule has 0 aliphatic carbocycles. The molecule has 0 spiro atoms. The smallest absolute Gasteiger partial charge is 0.253 e. The normalized spacial score (nSPS) is 13.8. The lowest BCUT2D eigenvalue weighted by Crippen LogP contribution is -2.37. The van der Waals surface area contributed by atoms with Gasteiger partial charge in [-0.2, -0.15) is 0 Å². The van der Waals surface area contributed by atoms with Crippen LogP contribution in [0.25, 0.3) is 11.4 Å². The third kappa shape index (κ3) is 10.5. The van der Waals surface area contributed by atoms with Crippen LogP contribution < -0.4 is 15.3 Å². The number of aliphatic imine (C=N–C) groups is 3. The Morgan fingerprint density at radius 2 is 1.95 bits per heavy atom. The predicted octanol–water partition coefficient (Wildman–Crippen LogP) is 3.67. The molecule has 12 nitrogen and oxygen atoms in total. The molecule has 0 bridgehead atoms. The Labute approximate surface area is 254 Å². The molecule has 2 heterocycles. The number of amides is 1. The number of nitrogens with one attached hydrogen (secondary N) is 1. The largest absolute Gasteiger partial charge is 0.378 e. The van der Waals surface area contributed by atoms with Crippen molar-refractivity contribution in [3.63, 3.8) is 0 Å². The number of anilines is 2. The molecule has 1 amide bonds. The summed E-state index contributed by atoms with van der Waals surface area (Å²) >= 11 is 1.67. The van der Waals surface area contributed by atoms with Crippen LogP contribution in [-0.4, -0.2) is 119 Å². The standard InChI is InChI=1S/C26H37N9O3S.C3H8/c1-27-16-20(26(36)32-37)17-29-18-33(3)9-10-34(4)24-22(28-2)25(35-11-13-38-14-12-35)31-23(30-24)19-7-6-8-21(15-19)39-5;1-3-2/h6-8,15,17,20,37H,1-2,9-14,16,18H2,3-5H3,(H,32,36);3H2,1-2H3/b29-17-;. The highest BCUT2D eigenvalue weighted by atomic mass is 32.2. The number of rotatable bonds is 14. The second-order valence-corrected chi connectivity index (χ2v) is 10.6. The van der Waals surface area contributed by atoms with Crippen molar-refractivity contribution in [2.45, 2.75) is 25.2 Å². The van der Waals surface area contributed by atoms with E-state index in [4.69, 9.17) is 19.9 Å². The molecule has 230 valence electrons. The number of benzene rings is 1. The molecule has 3 rings (SSSR count). The summed E-state index contributed by atoms with van der Waals surface area (Å²) in [5.74, 6) is 0.823. The van der Waals surface area contributed by atoms with E-state index in [2.05, 4.69) is 59.3 Å². The minimum atomic E-state index is -0.674. The van der Waals surface area contributed by atoms with E-state index in [0.717, 1.165) is 16.3 Å². The Morgan fingerprint density at radius 3 is 2.57 bits per heavy atom. The molecule has 42 heavy (non-hydrogen) atoms. The number of hydrogen-bond donors (Lipinski definition) is 2. The predicted molar refractivity (Wildman–Crippen MR) is 175 cm³/mol. The quantitative estimate of drug-likeness (QED) is 0.145. The Hall–Kier alpha value is -3.39. The molecular formula is C29H45N9O3S. The zero-order valence-electron chi connectivity index (χ0n) is 25.5. The summed E-state index contributed by atoms with van der Waals surface area (Å²) in [6.45, 7) is 16.0. The van der Waals surface area contributed by atoms with Crippen LogP contribution in [-0.2, 0) is 9.53 Å². The van der Waals surface area contributed by atoms with Gasteiger partial charge in [0.05, 0.1) is 32.3 Å². The highest BCUT2D eigenvalue weighted by molar-refractivity contribution is 7.98. The first-order valence-electron chi connectivity index (χ1n) is 13.9. The molecule has 1 saturated heterocycles. The maximum absolute atomic E-state index is 11.7. The van der Waals surface area contributed by atoms with Crippen molar-refractivity contribution in [2.75, 3.05) is 82.8 Å². The van der Waals surface area contributed by atoms with E-state index >= 15 is 0 Å². The average molecular weight is 600 g/mol. The molecule has 1 fully saturated rings. The molecule has 1 aliphatic heterocycles. The maximum Gasteiger partial charge on any atom is 0.253 e. The van der Waals surface area contributed by atoms with Gasteiger partial charge in [-0.3, -0.25) is 29.9 Å². The van der Waals surface area contributed by atoms with Crippen molar-refractivity contribution in [2.24, 2.45) is 20.9 Å². The van der Waals surface area contributed by atoms with Gasteiger partial charge in [0.2, 0.25) is 0 Å². The SMILES string of the molecule is C=NCC(/C=N\CN(C)CCN(C)c1nc(-c2cccc(SC)c2)nc(N2CCOCC2)c1N=C)C(=O)NO.CCC. The van der Waals surface area contributed by atoms with E-state index in [9.17, 15) is 4.79 Å². The van der Waals surface area contributed by atoms with Crippen LogP contribution in [0.3, 0.4) is 0 Å². The molecule has 0 saturated carbocycles. The second-order valence-electron chi connectivity index (χ2n) is 9.70. The number of aromatic nitrogens is 2. The zero-order valence-corrected chi connectivity index (χ0v) is 26.3. The van der Waals surface area contributed by atoms with E-state index in [1.165, 1.54) is 12.6 Å². The van der Waals surface area contributed by atoms with Gasteiger partial charge in [-0.1, -0.05) is 32.4 Å². The Balaban J connectivity index is 0.00000197. The maximum atomic E-state index is 11.7. The zero-order chi connectivity index (χ0) is 30.9. The minimum absolute atomic E-state index is 0.140. The van der Waals surface area contributed by atoms with E-state index in [0.29, 0.717) is 63.4 Å². The van der Waals surface area contributed by atoms with Crippen molar-refractivity contribution in [1.82, 2.24) is 20.3 Å². The van der Waals surface area contributed by atoms with Gasteiger partial charge in [0.1, 0.15) is 5.69 Å². The Morgan fingerprint density at radius 1 is 1.24 bits per heavy atom. The topological polar surface area (TPSA) is 131 Å². The number of nitrogens with zero attached hydrogens (tertiary/aromatic N) is 8. The Kier molecular flexibility index (Phi) is 15.7. The number of hydrogen-bond acceptors (Lipinski definition) is 12. The molecular weight excluding hydrogens is 554 g/mol. The summed E-state index contributed by atoms with van der Waals surface area (Å²) in [5.41, 5.74) is 3.20. The molecule has 13 heteroatoms. The molecule has 1 aliphatic rings. The Bertz CT molecular complexity index is 1180. The highest BCUT2D eigenvalue weighted by Gasteiger charge is 2.23. The number of ether oxygens (including phenoxy) is 1. The molecule has 0 radical (unpaired) electrons. The summed E-state index contributed by atoms with van der Waals surface area (Å²) in [6.07, 6.45) is 4.77. The minimum Gasteiger partial charge on any atom is -0.378 e. The molecule has 1 atom stereocenters. The van der Waals surface area contributed by atoms with Crippen LogP contribution in [0.15, 0.2) is 44.1 Å². The molecule has 1 aromatic heterocycles. The van der Waals surface area contributed by atoms with E-state index in [1.807, 2.05) is 42.3 Å². The van der Waals surface area contributed by atoms with E-state index in [-0.39, 0.29) is 6.54 Å². The number of likely N-dealkylation sites (N-methyl/N-ethyl adjacent to an activating group) is 2. The molecule has 2 aromatic rings. The van der Waals surface area contributed by atoms with Gasteiger partial charge in [0, 0.05) is 49.9 Å². The number of thioether (sulfide) groups is 1. The van der Waals surface area contributed by atoms with Gasteiger partial charge >= 0.3 is 0 Å². The van der Waals surface area contributed by atoms with Gasteiger partial charge in [-0.15, -0.1) is 11.8 Å². The number of carbonyl (C=O) groups excluding carboxylic acids is 1. The fraction of sp³-hybridized carbons (Fsp3) is 0.517. The molecule has 1 unspecified atom stereocenters. The van der Waals surface area contributed by atoms with Crippen molar-refractivity contribution in [3.8, 4) is 11.4 Å². The fourth-order valence-corrected chi connectivity index (χ4v) is 4.42. The third-order valence-corrected chi connectivity index (χ3v) is 6.93. The lowest BCUT2D eigenvalue weighted by molar-refractivity contribution is -0.130. The summed E-state index contributed by atoms with van der Waals surface area (Å²) in [4.78, 5) is 41.4. The van der Waals surface area contributed by atoms with Crippen molar-refractivity contribution in [3.05, 3.63) is 24.3 Å². The number of morpholine rings is 1. The summed E-state index contributed by atoms with van der Waals surface area (Å²) in [6, 6.07) is 8.18. The summed E-state index contributed by atoms with van der Waals surface area (Å²) in [5, 5.41) is 8.89. The summed E-state index contributed by atoms with van der Waals surface area (Å²) < 4.78 is 5.56. The van der Waals surface area contributed by atoms with Crippen LogP contribution >= 0.6 is 11.8 Å². The summed E-state index contributed by atoms with van der Waals surface area (Å²) in [7, 11) is 3.90. The van der Waals surface area contributed by atoms with Crippen LogP contribution in [0.1, 0.15) is 20.3 Å². The molecule has 2 N–H and O–H groups in total. The monoisotopic (exact) mass is 599 g/mol. The fourth-order valence-electron chi connectivity index (χ4n) is 3.96. The number of hydroxylamine groups is 1. The van der Waals surface area contributed by atoms with Gasteiger partial charge < -0.3 is 14.5 Å². The lowest BCUT2D eigenvalue weighted by atomic mass is 10.1. The van der Waals surface area contributed by atoms with Gasteiger partial charge in [0.25, 0.3) is 5.91 Å². The molecule has 1 aromatic carbocycles. The van der Waals surface area contributed by atoms with Crippen LogP contribution in [0.5, 0.6) is 0 Å². The second kappa shape index (κ2) is 18.9. The number of carbonyl (C=O) groups is 1. The van der Waals surface area contributed by atoms with Crippen molar-refractivity contribution < 1.29 is 14.7 Å². The van der Waals surface area contributed by atoms with Crippen LogP contribution in [0, 0.1) is 5.92 Å². The van der Waals surface area contributed by atoms with Crippen molar-refractivity contribution in [1.29, 1.82) is 0 Å². The first-order valence-corrected chi connectivity index (χ1v) is 15.2. The van der Waals surface area contributed by atoms with Crippen molar-refractivity contribution >= 4 is 54.6 Å². The highest BCUT2D eigenvalue weighted by Crippen LogP contribution is 2.37. The van der Waals surface area contributed by atoms with Gasteiger partial charge in [-0.05, 0) is 38.9 Å². The van der Waals surface area contributed by atoms with Crippen LogP contribution in [0.4, 0.5) is 17.3 Å². The average Bonchev–Trinajstić information content (AvgIpc) is 3.02. The van der Waals surface area contributed by atoms with Gasteiger partial charge in [0.15, 0.2) is 17.5 Å². The van der Waals surface area contributed by atoms with Crippen LogP contribution in [0.2, 0.25) is 0 Å².